The van der Waals surface area contributed by atoms with Crippen molar-refractivity contribution in [3.8, 4) is 17.2 Å². The van der Waals surface area contributed by atoms with E-state index < -0.39 is 0 Å². The molecule has 2 heterocycles. The fraction of sp³-hybridized carbons (Fsp3) is 0.435. The summed E-state index contributed by atoms with van der Waals surface area (Å²) in [6.45, 7) is 3.19. The Morgan fingerprint density at radius 1 is 1.06 bits per heavy atom. The molecule has 0 aliphatic carbocycles. The summed E-state index contributed by atoms with van der Waals surface area (Å²) in [6.07, 6.45) is 1.87. The van der Waals surface area contributed by atoms with Crippen LogP contribution in [0.2, 0.25) is 0 Å². The van der Waals surface area contributed by atoms with Crippen molar-refractivity contribution < 1.29 is 18.9 Å². The molecule has 31 heavy (non-hydrogen) atoms. The SMILES string of the molecule is CN=C(NCc1cccc(OC)c1)NCC1(c2ccc3c(c2)OCO3)CCOCC1.I. The number of nitrogens with one attached hydrogen (secondary N) is 2. The highest BCUT2D eigenvalue weighted by Gasteiger charge is 2.35. The first kappa shape index (κ1) is 23.5. The number of nitrogens with zero attached hydrogens (tertiary/aromatic N) is 1. The Morgan fingerprint density at radius 2 is 1.87 bits per heavy atom. The van der Waals surface area contributed by atoms with Crippen LogP contribution in [-0.2, 0) is 16.7 Å². The number of methoxy groups -OCH3 is 1. The maximum atomic E-state index is 5.66. The second-order valence-corrected chi connectivity index (χ2v) is 7.59. The van der Waals surface area contributed by atoms with E-state index in [0.29, 0.717) is 6.54 Å². The standard InChI is InChI=1S/C23H29N3O4.HI/c1-24-22(25-14-17-4-3-5-19(12-17)27-2)26-15-23(8-10-28-11-9-23)18-6-7-20-21(13-18)30-16-29-20;/h3-7,12-13H,8-11,14-16H2,1-2H3,(H2,24,25,26);1H. The molecule has 0 spiro atoms. The number of guanidine groups is 1. The highest BCUT2D eigenvalue weighted by Crippen LogP contribution is 2.40. The van der Waals surface area contributed by atoms with Crippen LogP contribution in [0.5, 0.6) is 17.2 Å². The number of hydrogen-bond acceptors (Lipinski definition) is 5. The lowest BCUT2D eigenvalue weighted by molar-refractivity contribution is 0.0513. The molecule has 2 aromatic carbocycles. The van der Waals surface area contributed by atoms with E-state index in [9.17, 15) is 0 Å². The van der Waals surface area contributed by atoms with Gasteiger partial charge in [-0.15, -0.1) is 24.0 Å². The van der Waals surface area contributed by atoms with Gasteiger partial charge in [-0.2, -0.15) is 0 Å². The third-order valence-electron chi connectivity index (χ3n) is 5.85. The molecule has 0 radical (unpaired) electrons. The van der Waals surface area contributed by atoms with Crippen LogP contribution < -0.4 is 24.8 Å². The van der Waals surface area contributed by atoms with Crippen LogP contribution in [0.3, 0.4) is 0 Å². The Bertz CT molecular complexity index is 900. The smallest absolute Gasteiger partial charge is 0.231 e. The lowest BCUT2D eigenvalue weighted by Gasteiger charge is -2.38. The molecule has 1 saturated heterocycles. The molecular weight excluding hydrogens is 509 g/mol. The molecule has 2 aliphatic rings. The molecule has 0 saturated carbocycles. The first-order valence-corrected chi connectivity index (χ1v) is 10.3. The third kappa shape index (κ3) is 5.54. The molecule has 8 heteroatoms. The predicted molar refractivity (Wildman–Crippen MR) is 131 cm³/mol. The van der Waals surface area contributed by atoms with Gasteiger partial charge in [0.15, 0.2) is 17.5 Å². The van der Waals surface area contributed by atoms with Gasteiger partial charge < -0.3 is 29.6 Å². The molecule has 4 rings (SSSR count). The highest BCUT2D eigenvalue weighted by molar-refractivity contribution is 14.0. The van der Waals surface area contributed by atoms with Crippen LogP contribution >= 0.6 is 24.0 Å². The number of halogens is 1. The van der Waals surface area contributed by atoms with Crippen molar-refractivity contribution in [3.05, 3.63) is 53.6 Å². The molecule has 168 valence electrons. The van der Waals surface area contributed by atoms with E-state index in [1.165, 1.54) is 5.56 Å². The number of aliphatic imine (C=N–C) groups is 1. The van der Waals surface area contributed by atoms with Gasteiger partial charge in [0.2, 0.25) is 6.79 Å². The Hall–Kier alpha value is -2.20. The summed E-state index contributed by atoms with van der Waals surface area (Å²) in [7, 11) is 3.47. The predicted octanol–water partition coefficient (Wildman–Crippen LogP) is 3.46. The Morgan fingerprint density at radius 3 is 2.65 bits per heavy atom. The monoisotopic (exact) mass is 539 g/mol. The van der Waals surface area contributed by atoms with Crippen LogP contribution in [0.1, 0.15) is 24.0 Å². The zero-order chi connectivity index (χ0) is 20.8. The summed E-state index contributed by atoms with van der Waals surface area (Å²) in [6, 6.07) is 14.3. The zero-order valence-corrected chi connectivity index (χ0v) is 20.3. The summed E-state index contributed by atoms with van der Waals surface area (Å²) in [5.41, 5.74) is 2.33. The molecular formula is C23H30IN3O4. The summed E-state index contributed by atoms with van der Waals surface area (Å²) < 4.78 is 22.0. The molecule has 2 N–H and O–H groups in total. The Kier molecular flexibility index (Phi) is 8.25. The van der Waals surface area contributed by atoms with E-state index in [0.717, 1.165) is 61.4 Å². The van der Waals surface area contributed by atoms with Crippen molar-refractivity contribution >= 4 is 29.9 Å². The topological polar surface area (TPSA) is 73.3 Å². The zero-order valence-electron chi connectivity index (χ0n) is 18.0. The van der Waals surface area contributed by atoms with Crippen molar-refractivity contribution in [1.29, 1.82) is 0 Å². The lowest BCUT2D eigenvalue weighted by Crippen LogP contribution is -2.47. The Labute approximate surface area is 200 Å². The maximum absolute atomic E-state index is 5.66. The maximum Gasteiger partial charge on any atom is 0.231 e. The average Bonchev–Trinajstić information content (AvgIpc) is 3.28. The van der Waals surface area contributed by atoms with Gasteiger partial charge in [-0.3, -0.25) is 4.99 Å². The van der Waals surface area contributed by atoms with Crippen molar-refractivity contribution in [2.75, 3.05) is 40.7 Å². The molecule has 7 nitrogen and oxygen atoms in total. The number of ether oxygens (including phenoxy) is 4. The van der Waals surface area contributed by atoms with Gasteiger partial charge in [-0.25, -0.2) is 0 Å². The van der Waals surface area contributed by atoms with E-state index in [4.69, 9.17) is 18.9 Å². The molecule has 0 atom stereocenters. The second-order valence-electron chi connectivity index (χ2n) is 7.59. The summed E-state index contributed by atoms with van der Waals surface area (Å²) in [5.74, 6) is 3.24. The van der Waals surface area contributed by atoms with Crippen LogP contribution in [0.25, 0.3) is 0 Å². The summed E-state index contributed by atoms with van der Waals surface area (Å²) >= 11 is 0. The van der Waals surface area contributed by atoms with Gasteiger partial charge in [-0.05, 0) is 48.2 Å². The van der Waals surface area contributed by atoms with Gasteiger partial charge in [0.1, 0.15) is 5.75 Å². The fourth-order valence-corrected chi connectivity index (χ4v) is 4.00. The Balaban J connectivity index is 0.00000272. The van der Waals surface area contributed by atoms with Gasteiger partial charge >= 0.3 is 0 Å². The van der Waals surface area contributed by atoms with Crippen LogP contribution in [-0.4, -0.2) is 46.7 Å². The van der Waals surface area contributed by atoms with Crippen molar-refractivity contribution in [1.82, 2.24) is 10.6 Å². The first-order valence-electron chi connectivity index (χ1n) is 10.3. The summed E-state index contributed by atoms with van der Waals surface area (Å²) in [4.78, 5) is 4.40. The number of rotatable bonds is 6. The minimum absolute atomic E-state index is 0. The number of hydrogen-bond donors (Lipinski definition) is 2. The quantitative estimate of drug-likeness (QED) is 0.333. The molecule has 2 aliphatic heterocycles. The average molecular weight is 539 g/mol. The van der Waals surface area contributed by atoms with Crippen LogP contribution in [0.15, 0.2) is 47.5 Å². The van der Waals surface area contributed by atoms with Crippen LogP contribution in [0.4, 0.5) is 0 Å². The molecule has 0 bridgehead atoms. The van der Waals surface area contributed by atoms with E-state index in [1.807, 2.05) is 24.3 Å². The van der Waals surface area contributed by atoms with Gasteiger partial charge in [0.05, 0.1) is 7.11 Å². The minimum atomic E-state index is -0.0488. The lowest BCUT2D eigenvalue weighted by atomic mass is 9.74. The van der Waals surface area contributed by atoms with E-state index in [-0.39, 0.29) is 36.2 Å². The normalized spacial score (nSPS) is 16.9. The van der Waals surface area contributed by atoms with E-state index in [2.05, 4.69) is 33.8 Å². The summed E-state index contributed by atoms with van der Waals surface area (Å²) in [5, 5.41) is 6.92. The second kappa shape index (κ2) is 10.9. The molecule has 0 unspecified atom stereocenters. The van der Waals surface area contributed by atoms with Gasteiger partial charge in [-0.1, -0.05) is 18.2 Å². The molecule has 0 aromatic heterocycles. The van der Waals surface area contributed by atoms with Crippen LogP contribution in [0, 0.1) is 0 Å². The molecule has 1 fully saturated rings. The highest BCUT2D eigenvalue weighted by atomic mass is 127. The van der Waals surface area contributed by atoms with Crippen molar-refractivity contribution in [3.63, 3.8) is 0 Å². The van der Waals surface area contributed by atoms with E-state index in [1.54, 1.807) is 14.2 Å². The first-order chi connectivity index (χ1) is 14.7. The van der Waals surface area contributed by atoms with Gasteiger partial charge in [0, 0.05) is 38.8 Å². The number of benzene rings is 2. The van der Waals surface area contributed by atoms with Crippen molar-refractivity contribution in [2.45, 2.75) is 24.8 Å². The molecule has 0 amide bonds. The molecule has 2 aromatic rings. The number of fused-ring (bicyclic) bond motifs is 1. The van der Waals surface area contributed by atoms with Gasteiger partial charge in [0.25, 0.3) is 0 Å². The minimum Gasteiger partial charge on any atom is -0.497 e. The largest absolute Gasteiger partial charge is 0.497 e. The third-order valence-corrected chi connectivity index (χ3v) is 5.85. The van der Waals surface area contributed by atoms with E-state index >= 15 is 0 Å². The van der Waals surface area contributed by atoms with Crippen molar-refractivity contribution in [2.24, 2.45) is 4.99 Å². The fourth-order valence-electron chi connectivity index (χ4n) is 4.00.